The quantitative estimate of drug-likeness (QED) is 0.869. The van der Waals surface area contributed by atoms with Crippen molar-refractivity contribution in [3.05, 3.63) is 23.4 Å². The first-order valence-corrected chi connectivity index (χ1v) is 6.24. The molecule has 0 amide bonds. The molecule has 0 aliphatic carbocycles. The SMILES string of the molecule is CCC(C)C(C)Nc1nc(C(F)(F)F)ccc1C(=O)O. The Labute approximate surface area is 115 Å². The number of carboxylic acid groups (broad SMARTS) is 1. The second-order valence-corrected chi connectivity index (χ2v) is 4.71. The van der Waals surface area contributed by atoms with Crippen molar-refractivity contribution in [2.75, 3.05) is 5.32 Å². The van der Waals surface area contributed by atoms with Gasteiger partial charge in [-0.15, -0.1) is 0 Å². The van der Waals surface area contributed by atoms with Crippen molar-refractivity contribution in [1.29, 1.82) is 0 Å². The molecule has 20 heavy (non-hydrogen) atoms. The van der Waals surface area contributed by atoms with Gasteiger partial charge in [0.1, 0.15) is 17.1 Å². The van der Waals surface area contributed by atoms with Gasteiger partial charge >= 0.3 is 12.1 Å². The minimum absolute atomic E-state index is 0.174. The van der Waals surface area contributed by atoms with Crippen molar-refractivity contribution in [2.45, 2.75) is 39.4 Å². The van der Waals surface area contributed by atoms with E-state index in [2.05, 4.69) is 10.3 Å². The molecule has 0 aliphatic rings. The van der Waals surface area contributed by atoms with Crippen LogP contribution in [0.2, 0.25) is 0 Å². The van der Waals surface area contributed by atoms with Gasteiger partial charge in [-0.2, -0.15) is 13.2 Å². The first-order chi connectivity index (χ1) is 9.16. The number of aromatic nitrogens is 1. The lowest BCUT2D eigenvalue weighted by atomic mass is 10.0. The fourth-order valence-electron chi connectivity index (χ4n) is 1.61. The standard InChI is InChI=1S/C13H17F3N2O2/c1-4-7(2)8(3)17-11-9(12(19)20)5-6-10(18-11)13(14,15)16/h5-8H,4H2,1-3H3,(H,17,18)(H,19,20). The van der Waals surface area contributed by atoms with Crippen LogP contribution < -0.4 is 5.32 Å². The van der Waals surface area contributed by atoms with Crippen molar-refractivity contribution in [3.8, 4) is 0 Å². The number of rotatable bonds is 5. The van der Waals surface area contributed by atoms with E-state index in [0.717, 1.165) is 12.5 Å². The molecule has 0 aromatic carbocycles. The predicted molar refractivity (Wildman–Crippen MR) is 68.7 cm³/mol. The van der Waals surface area contributed by atoms with E-state index >= 15 is 0 Å². The molecule has 0 saturated heterocycles. The summed E-state index contributed by atoms with van der Waals surface area (Å²) in [6, 6.07) is 1.40. The highest BCUT2D eigenvalue weighted by Gasteiger charge is 2.33. The number of hydrogen-bond donors (Lipinski definition) is 2. The molecule has 0 fully saturated rings. The highest BCUT2D eigenvalue weighted by atomic mass is 19.4. The third-order valence-corrected chi connectivity index (χ3v) is 3.28. The second kappa shape index (κ2) is 6.11. The van der Waals surface area contributed by atoms with Crippen molar-refractivity contribution < 1.29 is 23.1 Å². The number of pyridine rings is 1. The summed E-state index contributed by atoms with van der Waals surface area (Å²) in [5.41, 5.74) is -1.38. The van der Waals surface area contributed by atoms with Crippen LogP contribution in [0, 0.1) is 5.92 Å². The number of carboxylic acids is 1. The summed E-state index contributed by atoms with van der Waals surface area (Å²) in [4.78, 5) is 14.4. The largest absolute Gasteiger partial charge is 0.478 e. The Kier molecular flexibility index (Phi) is 4.97. The number of nitrogens with zero attached hydrogens (tertiary/aromatic N) is 1. The summed E-state index contributed by atoms with van der Waals surface area (Å²) >= 11 is 0. The fraction of sp³-hybridized carbons (Fsp3) is 0.538. The van der Waals surface area contributed by atoms with Gasteiger partial charge in [0.15, 0.2) is 0 Å². The smallest absolute Gasteiger partial charge is 0.433 e. The van der Waals surface area contributed by atoms with Crippen molar-refractivity contribution in [2.24, 2.45) is 5.92 Å². The van der Waals surface area contributed by atoms with Gasteiger partial charge in [0, 0.05) is 6.04 Å². The van der Waals surface area contributed by atoms with Gasteiger partial charge in [-0.05, 0) is 25.0 Å². The normalized spacial score (nSPS) is 14.7. The Morgan fingerprint density at radius 3 is 2.45 bits per heavy atom. The monoisotopic (exact) mass is 290 g/mol. The predicted octanol–water partition coefficient (Wildman–Crippen LogP) is 3.65. The molecular weight excluding hydrogens is 273 g/mol. The van der Waals surface area contributed by atoms with Gasteiger partial charge in [0.05, 0.1) is 0 Å². The molecule has 1 aromatic heterocycles. The zero-order chi connectivity index (χ0) is 15.5. The van der Waals surface area contributed by atoms with E-state index in [-0.39, 0.29) is 23.3 Å². The number of halogens is 3. The molecule has 112 valence electrons. The van der Waals surface area contributed by atoms with E-state index < -0.39 is 17.8 Å². The van der Waals surface area contributed by atoms with Crippen LogP contribution in [-0.4, -0.2) is 22.1 Å². The van der Waals surface area contributed by atoms with Gasteiger partial charge in [0.2, 0.25) is 0 Å². The third-order valence-electron chi connectivity index (χ3n) is 3.28. The third kappa shape index (κ3) is 3.85. The molecule has 2 N–H and O–H groups in total. The van der Waals surface area contributed by atoms with Crippen LogP contribution in [0.3, 0.4) is 0 Å². The molecule has 7 heteroatoms. The first-order valence-electron chi connectivity index (χ1n) is 6.24. The number of alkyl halides is 3. The van der Waals surface area contributed by atoms with Crippen molar-refractivity contribution in [1.82, 2.24) is 4.98 Å². The van der Waals surface area contributed by atoms with Crippen molar-refractivity contribution >= 4 is 11.8 Å². The minimum Gasteiger partial charge on any atom is -0.478 e. The van der Waals surface area contributed by atoms with Crippen LogP contribution >= 0.6 is 0 Å². The lowest BCUT2D eigenvalue weighted by Crippen LogP contribution is -2.26. The molecule has 1 heterocycles. The fourth-order valence-corrected chi connectivity index (χ4v) is 1.61. The van der Waals surface area contributed by atoms with E-state index in [4.69, 9.17) is 5.11 Å². The maximum Gasteiger partial charge on any atom is 0.433 e. The van der Waals surface area contributed by atoms with E-state index in [1.54, 1.807) is 6.92 Å². The molecule has 0 saturated carbocycles. The zero-order valence-corrected chi connectivity index (χ0v) is 11.5. The van der Waals surface area contributed by atoms with Crippen LogP contribution in [0.4, 0.5) is 19.0 Å². The van der Waals surface area contributed by atoms with E-state index in [1.807, 2.05) is 13.8 Å². The lowest BCUT2D eigenvalue weighted by molar-refractivity contribution is -0.141. The highest BCUT2D eigenvalue weighted by molar-refractivity contribution is 5.93. The molecule has 4 nitrogen and oxygen atoms in total. The maximum absolute atomic E-state index is 12.6. The molecule has 2 atom stereocenters. The van der Waals surface area contributed by atoms with Crippen LogP contribution in [0.15, 0.2) is 12.1 Å². The van der Waals surface area contributed by atoms with Crippen molar-refractivity contribution in [3.63, 3.8) is 0 Å². The zero-order valence-electron chi connectivity index (χ0n) is 11.5. The van der Waals surface area contributed by atoms with E-state index in [1.165, 1.54) is 0 Å². The average Bonchev–Trinajstić information content (AvgIpc) is 2.36. The minimum atomic E-state index is -4.60. The summed E-state index contributed by atoms with van der Waals surface area (Å²) < 4.78 is 37.9. The Balaban J connectivity index is 3.16. The summed E-state index contributed by atoms with van der Waals surface area (Å²) in [5, 5.41) is 11.8. The highest BCUT2D eigenvalue weighted by Crippen LogP contribution is 2.30. The summed E-state index contributed by atoms with van der Waals surface area (Å²) in [6.07, 6.45) is -3.79. The van der Waals surface area contributed by atoms with E-state index in [9.17, 15) is 18.0 Å². The summed E-state index contributed by atoms with van der Waals surface area (Å²) in [6.45, 7) is 5.65. The Morgan fingerprint density at radius 2 is 2.00 bits per heavy atom. The summed E-state index contributed by atoms with van der Waals surface area (Å²) in [7, 11) is 0. The number of carbonyl (C=O) groups is 1. The Hall–Kier alpha value is -1.79. The number of anilines is 1. The van der Waals surface area contributed by atoms with Gasteiger partial charge < -0.3 is 10.4 Å². The molecule has 1 aromatic rings. The number of aromatic carboxylic acids is 1. The Morgan fingerprint density at radius 1 is 1.40 bits per heavy atom. The molecule has 0 radical (unpaired) electrons. The van der Waals surface area contributed by atoms with Gasteiger partial charge in [0.25, 0.3) is 0 Å². The molecule has 0 aliphatic heterocycles. The lowest BCUT2D eigenvalue weighted by Gasteiger charge is -2.22. The topological polar surface area (TPSA) is 62.2 Å². The van der Waals surface area contributed by atoms with Crippen LogP contribution in [0.1, 0.15) is 43.2 Å². The van der Waals surface area contributed by atoms with E-state index in [0.29, 0.717) is 6.07 Å². The number of hydrogen-bond acceptors (Lipinski definition) is 3. The average molecular weight is 290 g/mol. The van der Waals surface area contributed by atoms with Gasteiger partial charge in [-0.3, -0.25) is 0 Å². The van der Waals surface area contributed by atoms with Crippen LogP contribution in [-0.2, 0) is 6.18 Å². The molecule has 0 spiro atoms. The number of nitrogens with one attached hydrogen (secondary N) is 1. The van der Waals surface area contributed by atoms with Gasteiger partial charge in [-0.25, -0.2) is 9.78 Å². The van der Waals surface area contributed by atoms with Crippen LogP contribution in [0.25, 0.3) is 0 Å². The second-order valence-electron chi connectivity index (χ2n) is 4.71. The summed E-state index contributed by atoms with van der Waals surface area (Å²) in [5.74, 6) is -1.39. The molecule has 2 unspecified atom stereocenters. The maximum atomic E-state index is 12.6. The Bertz CT molecular complexity index is 489. The molecular formula is C13H17F3N2O2. The van der Waals surface area contributed by atoms with Crippen LogP contribution in [0.5, 0.6) is 0 Å². The van der Waals surface area contributed by atoms with Gasteiger partial charge in [-0.1, -0.05) is 20.3 Å². The first kappa shape index (κ1) is 16.3. The molecule has 0 bridgehead atoms. The molecule has 1 rings (SSSR count).